The standard InChI is InChI=1S/C38H43N5O10/c1-22(9-6-7-16-42-20-29(40-41-42)27(21-44)24-11-4-3-5-12-24)38(51)28-18-26(52-2)14-15-30(28)43(37(38)50)19-23-10-8-13-25(17-23)39-35(48)34-32(46)31(45)33(47)36(49)53-34/h3-6,8-15,17-18,20,22,27,31-34,36,44-47,49,51H,7,16,19,21H2,1-2H3,(H,39,48)/b9-6+/t22-,27?,31-,32-,33+,34-,36+,38+/m0/s1. The van der Waals surface area contributed by atoms with Crippen LogP contribution in [0.3, 0.4) is 0 Å². The molecule has 0 saturated carbocycles. The number of nitrogens with one attached hydrogen (secondary N) is 1. The average Bonchev–Trinajstić information content (AvgIpc) is 3.71. The summed E-state index contributed by atoms with van der Waals surface area (Å²) in [4.78, 5) is 28.5. The predicted molar refractivity (Wildman–Crippen MR) is 190 cm³/mol. The monoisotopic (exact) mass is 729 g/mol. The van der Waals surface area contributed by atoms with E-state index in [1.807, 2.05) is 36.4 Å². The van der Waals surface area contributed by atoms with Crippen molar-refractivity contribution < 1.29 is 49.7 Å². The van der Waals surface area contributed by atoms with Crippen molar-refractivity contribution in [2.75, 3.05) is 23.9 Å². The predicted octanol–water partition coefficient (Wildman–Crippen LogP) is 1.17. The second-order valence-electron chi connectivity index (χ2n) is 13.2. The van der Waals surface area contributed by atoms with Crippen LogP contribution in [-0.4, -0.2) is 102 Å². The molecular formula is C38H43N5O10. The van der Waals surface area contributed by atoms with Crippen LogP contribution in [0.2, 0.25) is 0 Å². The summed E-state index contributed by atoms with van der Waals surface area (Å²) in [5, 5.41) is 73.0. The van der Waals surface area contributed by atoms with Crippen LogP contribution in [0, 0.1) is 5.92 Å². The van der Waals surface area contributed by atoms with Gasteiger partial charge in [0.15, 0.2) is 18.0 Å². The minimum absolute atomic E-state index is 0.0270. The van der Waals surface area contributed by atoms with Crippen molar-refractivity contribution in [3.05, 3.63) is 114 Å². The molecule has 1 aromatic heterocycles. The Morgan fingerprint density at radius 2 is 1.81 bits per heavy atom. The van der Waals surface area contributed by atoms with Crippen molar-refractivity contribution in [3.63, 3.8) is 0 Å². The average molecular weight is 730 g/mol. The minimum Gasteiger partial charge on any atom is -0.497 e. The number of allylic oxidation sites excluding steroid dienone is 1. The summed E-state index contributed by atoms with van der Waals surface area (Å²) in [5.41, 5.74) is 1.39. The summed E-state index contributed by atoms with van der Waals surface area (Å²) in [6, 6.07) is 21.2. The molecule has 3 aromatic carbocycles. The first-order chi connectivity index (χ1) is 25.5. The van der Waals surface area contributed by atoms with Gasteiger partial charge in [0.25, 0.3) is 11.8 Å². The largest absolute Gasteiger partial charge is 0.497 e. The van der Waals surface area contributed by atoms with E-state index in [1.165, 1.54) is 12.0 Å². The number of carbonyl (C=O) groups excluding carboxylic acids is 2. The summed E-state index contributed by atoms with van der Waals surface area (Å²) in [6.07, 6.45) is -2.93. The fourth-order valence-electron chi connectivity index (χ4n) is 6.72. The molecule has 1 saturated heterocycles. The highest BCUT2D eigenvalue weighted by Gasteiger charge is 2.53. The second kappa shape index (κ2) is 15.9. The van der Waals surface area contributed by atoms with E-state index in [-0.39, 0.29) is 24.8 Å². The van der Waals surface area contributed by atoms with E-state index < -0.39 is 54.0 Å². The van der Waals surface area contributed by atoms with Gasteiger partial charge in [-0.15, -0.1) is 5.10 Å². The van der Waals surface area contributed by atoms with Crippen LogP contribution < -0.4 is 15.0 Å². The molecule has 4 aromatic rings. The van der Waals surface area contributed by atoms with Gasteiger partial charge in [-0.25, -0.2) is 0 Å². The van der Waals surface area contributed by atoms with Gasteiger partial charge in [0, 0.05) is 29.9 Å². The highest BCUT2D eigenvalue weighted by atomic mass is 16.6. The molecule has 3 heterocycles. The van der Waals surface area contributed by atoms with Crippen molar-refractivity contribution in [2.24, 2.45) is 5.92 Å². The number of fused-ring (bicyclic) bond motifs is 1. The maximum Gasteiger partial charge on any atom is 0.264 e. The molecule has 53 heavy (non-hydrogen) atoms. The van der Waals surface area contributed by atoms with E-state index in [9.17, 15) is 40.2 Å². The highest BCUT2D eigenvalue weighted by Crippen LogP contribution is 2.47. The van der Waals surface area contributed by atoms with E-state index in [0.29, 0.717) is 41.2 Å². The number of anilines is 2. The number of benzene rings is 3. The molecule has 1 unspecified atom stereocenters. The summed E-state index contributed by atoms with van der Waals surface area (Å²) in [7, 11) is 1.50. The third kappa shape index (κ3) is 7.59. The molecule has 7 N–H and O–H groups in total. The Kier molecular flexibility index (Phi) is 11.3. The van der Waals surface area contributed by atoms with Crippen molar-refractivity contribution in [1.82, 2.24) is 15.0 Å². The SMILES string of the molecule is COc1ccc2c(c1)[C@](O)([C@@H](C)/C=C/CCn1cc(C(CO)c3ccccc3)nn1)C(=O)N2Cc1cccc(NC(=O)[C@H]2O[C@@H](O)[C@H](O)[C@@H](O)[C@@H]2O)c1. The van der Waals surface area contributed by atoms with Crippen LogP contribution >= 0.6 is 0 Å². The van der Waals surface area contributed by atoms with Crippen LogP contribution in [0.5, 0.6) is 5.75 Å². The fraction of sp³-hybridized carbons (Fsp3) is 0.368. The van der Waals surface area contributed by atoms with Gasteiger partial charge in [-0.3, -0.25) is 14.3 Å². The lowest BCUT2D eigenvalue weighted by atomic mass is 9.83. The number of aliphatic hydroxyl groups is 6. The van der Waals surface area contributed by atoms with E-state index in [4.69, 9.17) is 9.47 Å². The third-order valence-electron chi connectivity index (χ3n) is 9.76. The van der Waals surface area contributed by atoms with Gasteiger partial charge in [-0.2, -0.15) is 0 Å². The Balaban J connectivity index is 1.15. The molecule has 2 amide bonds. The molecular weight excluding hydrogens is 686 g/mol. The molecule has 280 valence electrons. The summed E-state index contributed by atoms with van der Waals surface area (Å²) in [6.45, 7) is 2.15. The van der Waals surface area contributed by atoms with Gasteiger partial charge in [0.05, 0.1) is 37.6 Å². The van der Waals surface area contributed by atoms with Crippen molar-refractivity contribution in [2.45, 2.75) is 68.7 Å². The number of hydrogen-bond donors (Lipinski definition) is 7. The molecule has 0 radical (unpaired) electrons. The Morgan fingerprint density at radius 3 is 2.55 bits per heavy atom. The number of aliphatic hydroxyl groups excluding tert-OH is 5. The number of amides is 2. The number of ether oxygens (including phenoxy) is 2. The maximum absolute atomic E-state index is 14.2. The van der Waals surface area contributed by atoms with E-state index in [0.717, 1.165) is 5.56 Å². The number of nitrogens with zero attached hydrogens (tertiary/aromatic N) is 4. The molecule has 15 nitrogen and oxygen atoms in total. The molecule has 0 aliphatic carbocycles. The van der Waals surface area contributed by atoms with Crippen molar-refractivity contribution in [3.8, 4) is 5.75 Å². The van der Waals surface area contributed by atoms with E-state index >= 15 is 0 Å². The Bertz CT molecular complexity index is 1940. The lowest BCUT2D eigenvalue weighted by molar-refractivity contribution is -0.274. The quantitative estimate of drug-likeness (QED) is 0.0965. The number of aryl methyl sites for hydroxylation is 1. The molecule has 0 spiro atoms. The number of rotatable bonds is 13. The third-order valence-corrected chi connectivity index (χ3v) is 9.76. The lowest BCUT2D eigenvalue weighted by Crippen LogP contribution is -2.60. The van der Waals surface area contributed by atoms with Gasteiger partial charge < -0.3 is 50.3 Å². The van der Waals surface area contributed by atoms with Crippen LogP contribution in [0.25, 0.3) is 0 Å². The molecule has 2 aliphatic rings. The second-order valence-corrected chi connectivity index (χ2v) is 13.2. The van der Waals surface area contributed by atoms with Crippen molar-refractivity contribution in [1.29, 1.82) is 0 Å². The zero-order valence-electron chi connectivity index (χ0n) is 29.1. The molecule has 8 atom stereocenters. The Morgan fingerprint density at radius 1 is 1.04 bits per heavy atom. The molecule has 6 rings (SSSR count). The Labute approximate surface area is 305 Å². The van der Waals surface area contributed by atoms with Crippen LogP contribution in [0.15, 0.2) is 91.1 Å². The number of hydrogen-bond acceptors (Lipinski definition) is 12. The van der Waals surface area contributed by atoms with E-state index in [1.54, 1.807) is 66.3 Å². The topological polar surface area (TPSA) is 220 Å². The van der Waals surface area contributed by atoms with E-state index in [2.05, 4.69) is 15.6 Å². The van der Waals surface area contributed by atoms with Gasteiger partial charge in [0.1, 0.15) is 24.1 Å². The van der Waals surface area contributed by atoms with Gasteiger partial charge in [0.2, 0.25) is 0 Å². The zero-order valence-corrected chi connectivity index (χ0v) is 29.1. The first-order valence-electron chi connectivity index (χ1n) is 17.2. The summed E-state index contributed by atoms with van der Waals surface area (Å²) < 4.78 is 12.1. The van der Waals surface area contributed by atoms with Crippen LogP contribution in [0.4, 0.5) is 11.4 Å². The molecule has 15 heteroatoms. The smallest absolute Gasteiger partial charge is 0.264 e. The van der Waals surface area contributed by atoms with Gasteiger partial charge in [-0.05, 0) is 47.9 Å². The number of aromatic nitrogens is 3. The molecule has 1 fully saturated rings. The highest BCUT2D eigenvalue weighted by molar-refractivity contribution is 6.07. The normalized spacial score (nSPS) is 25.3. The van der Waals surface area contributed by atoms with Gasteiger partial charge in [-0.1, -0.05) is 66.8 Å². The summed E-state index contributed by atoms with van der Waals surface area (Å²) in [5.74, 6) is -1.91. The fourth-order valence-corrected chi connectivity index (χ4v) is 6.72. The van der Waals surface area contributed by atoms with Crippen LogP contribution in [-0.2, 0) is 33.0 Å². The number of carbonyl (C=O) groups is 2. The minimum atomic E-state index is -1.93. The first kappa shape index (κ1) is 37.7. The number of methoxy groups -OCH3 is 1. The lowest BCUT2D eigenvalue weighted by Gasteiger charge is -2.37. The summed E-state index contributed by atoms with van der Waals surface area (Å²) >= 11 is 0. The molecule has 0 bridgehead atoms. The Hall–Kier alpha value is -5.00. The zero-order chi connectivity index (χ0) is 37.9. The maximum atomic E-state index is 14.2. The van der Waals surface area contributed by atoms with Crippen LogP contribution in [0.1, 0.15) is 41.6 Å². The van der Waals surface area contributed by atoms with Gasteiger partial charge >= 0.3 is 0 Å². The molecule has 2 aliphatic heterocycles. The first-order valence-corrected chi connectivity index (χ1v) is 17.2. The van der Waals surface area contributed by atoms with Crippen molar-refractivity contribution >= 4 is 23.2 Å².